The summed E-state index contributed by atoms with van der Waals surface area (Å²) in [6.45, 7) is 1.08. The molecule has 3 rings (SSSR count). The quantitative estimate of drug-likeness (QED) is 0.818. The van der Waals surface area contributed by atoms with Crippen molar-refractivity contribution in [2.45, 2.75) is 24.9 Å². The lowest BCUT2D eigenvalue weighted by molar-refractivity contribution is 0.222. The number of nitrogens with one attached hydrogen (secondary N) is 1. The standard InChI is InChI=1S/C19H22Cl2N2O2S/c1-26(24,25)23-13-18(10-14-2-6-16(20)7-3-14)22-12-19(23)11-15-4-8-17(21)9-5-15/h2-9,18-19,22H,10-13H2,1H3/t18-,19-/m0/s1. The van der Waals surface area contributed by atoms with Gasteiger partial charge in [-0.05, 0) is 48.2 Å². The van der Waals surface area contributed by atoms with Crippen LogP contribution in [0.1, 0.15) is 11.1 Å². The largest absolute Gasteiger partial charge is 0.311 e. The van der Waals surface area contributed by atoms with Gasteiger partial charge in [0.25, 0.3) is 0 Å². The van der Waals surface area contributed by atoms with Gasteiger partial charge in [0.1, 0.15) is 0 Å². The zero-order valence-electron chi connectivity index (χ0n) is 14.5. The highest BCUT2D eigenvalue weighted by Crippen LogP contribution is 2.20. The van der Waals surface area contributed by atoms with Crippen LogP contribution < -0.4 is 5.32 Å². The third-order valence-corrected chi connectivity index (χ3v) is 6.46. The molecule has 0 amide bonds. The molecular weight excluding hydrogens is 391 g/mol. The molecule has 7 heteroatoms. The van der Waals surface area contributed by atoms with Crippen LogP contribution >= 0.6 is 23.2 Å². The molecular formula is C19H22Cl2N2O2S. The maximum Gasteiger partial charge on any atom is 0.211 e. The molecule has 1 saturated heterocycles. The summed E-state index contributed by atoms with van der Waals surface area (Å²) < 4.78 is 26.3. The first-order chi connectivity index (χ1) is 12.3. The van der Waals surface area contributed by atoms with E-state index in [1.807, 2.05) is 48.5 Å². The third-order valence-electron chi connectivity index (χ3n) is 4.66. The Balaban J connectivity index is 1.71. The summed E-state index contributed by atoms with van der Waals surface area (Å²) >= 11 is 11.9. The van der Waals surface area contributed by atoms with Crippen LogP contribution in [0.4, 0.5) is 0 Å². The minimum Gasteiger partial charge on any atom is -0.311 e. The average molecular weight is 413 g/mol. The fourth-order valence-corrected chi connectivity index (χ4v) is 4.74. The molecule has 4 nitrogen and oxygen atoms in total. The molecule has 2 atom stereocenters. The van der Waals surface area contributed by atoms with Crippen molar-refractivity contribution in [2.24, 2.45) is 0 Å². The van der Waals surface area contributed by atoms with Crippen LogP contribution in [0.25, 0.3) is 0 Å². The van der Waals surface area contributed by atoms with E-state index in [2.05, 4.69) is 5.32 Å². The van der Waals surface area contributed by atoms with Crippen molar-refractivity contribution in [3.05, 3.63) is 69.7 Å². The third kappa shape index (κ3) is 5.21. The van der Waals surface area contributed by atoms with Gasteiger partial charge < -0.3 is 5.32 Å². The van der Waals surface area contributed by atoms with E-state index in [-0.39, 0.29) is 12.1 Å². The first-order valence-corrected chi connectivity index (χ1v) is 11.1. The molecule has 2 aromatic carbocycles. The fourth-order valence-electron chi connectivity index (χ4n) is 3.35. The molecule has 0 aliphatic carbocycles. The van der Waals surface area contributed by atoms with Gasteiger partial charge in [0.2, 0.25) is 10.0 Å². The number of piperazine rings is 1. The van der Waals surface area contributed by atoms with E-state index in [0.717, 1.165) is 17.5 Å². The summed E-state index contributed by atoms with van der Waals surface area (Å²) in [7, 11) is -3.29. The Hall–Kier alpha value is -1.11. The SMILES string of the molecule is CS(=O)(=O)N1C[C@H](Cc2ccc(Cl)cc2)NC[C@@H]1Cc1ccc(Cl)cc1. The van der Waals surface area contributed by atoms with Crippen LogP contribution in [0.15, 0.2) is 48.5 Å². The van der Waals surface area contributed by atoms with E-state index in [4.69, 9.17) is 23.2 Å². The van der Waals surface area contributed by atoms with Crippen LogP contribution in [0.5, 0.6) is 0 Å². The minimum atomic E-state index is -3.29. The van der Waals surface area contributed by atoms with Gasteiger partial charge in [-0.15, -0.1) is 0 Å². The Morgan fingerprint density at radius 3 is 1.96 bits per heavy atom. The van der Waals surface area contributed by atoms with Gasteiger partial charge in [-0.2, -0.15) is 4.31 Å². The number of hydrogen-bond donors (Lipinski definition) is 1. The van der Waals surface area contributed by atoms with Crippen LogP contribution in [0, 0.1) is 0 Å². The first-order valence-electron chi connectivity index (χ1n) is 8.50. The van der Waals surface area contributed by atoms with E-state index < -0.39 is 10.0 Å². The average Bonchev–Trinajstić information content (AvgIpc) is 2.59. The van der Waals surface area contributed by atoms with Gasteiger partial charge in [-0.3, -0.25) is 0 Å². The van der Waals surface area contributed by atoms with Crippen molar-refractivity contribution in [2.75, 3.05) is 19.3 Å². The first kappa shape index (κ1) is 19.6. The van der Waals surface area contributed by atoms with Crippen molar-refractivity contribution in [1.29, 1.82) is 0 Å². The summed E-state index contributed by atoms with van der Waals surface area (Å²) in [5.41, 5.74) is 2.21. The second-order valence-electron chi connectivity index (χ2n) is 6.75. The van der Waals surface area contributed by atoms with Crippen LogP contribution in [-0.2, 0) is 22.9 Å². The second kappa shape index (κ2) is 8.28. The van der Waals surface area contributed by atoms with Crippen molar-refractivity contribution >= 4 is 33.2 Å². The van der Waals surface area contributed by atoms with E-state index >= 15 is 0 Å². The Labute approximate surface area is 165 Å². The van der Waals surface area contributed by atoms with Gasteiger partial charge >= 0.3 is 0 Å². The highest BCUT2D eigenvalue weighted by atomic mass is 35.5. The van der Waals surface area contributed by atoms with Crippen molar-refractivity contribution < 1.29 is 8.42 Å². The highest BCUT2D eigenvalue weighted by Gasteiger charge is 2.33. The number of sulfonamides is 1. The molecule has 0 saturated carbocycles. The molecule has 0 bridgehead atoms. The number of benzene rings is 2. The molecule has 1 N–H and O–H groups in total. The number of nitrogens with zero attached hydrogens (tertiary/aromatic N) is 1. The molecule has 26 heavy (non-hydrogen) atoms. The van der Waals surface area contributed by atoms with E-state index in [0.29, 0.717) is 29.6 Å². The lowest BCUT2D eigenvalue weighted by atomic mass is 10.00. The molecule has 2 aromatic rings. The molecule has 0 radical (unpaired) electrons. The van der Waals surface area contributed by atoms with E-state index in [9.17, 15) is 8.42 Å². The minimum absolute atomic E-state index is 0.0763. The Bertz CT molecular complexity index is 839. The van der Waals surface area contributed by atoms with Crippen molar-refractivity contribution in [1.82, 2.24) is 9.62 Å². The molecule has 1 fully saturated rings. The van der Waals surface area contributed by atoms with Crippen molar-refractivity contribution in [3.63, 3.8) is 0 Å². The molecule has 1 heterocycles. The molecule has 140 valence electrons. The smallest absolute Gasteiger partial charge is 0.211 e. The van der Waals surface area contributed by atoms with Gasteiger partial charge in [0, 0.05) is 35.2 Å². The number of rotatable bonds is 5. The van der Waals surface area contributed by atoms with Gasteiger partial charge in [-0.1, -0.05) is 47.5 Å². The predicted molar refractivity (Wildman–Crippen MR) is 107 cm³/mol. The van der Waals surface area contributed by atoms with Crippen LogP contribution in [0.2, 0.25) is 10.0 Å². The normalized spacial score (nSPS) is 21.7. The molecule has 0 spiro atoms. The lowest BCUT2D eigenvalue weighted by Gasteiger charge is -2.39. The maximum atomic E-state index is 12.3. The second-order valence-corrected chi connectivity index (χ2v) is 9.56. The summed E-state index contributed by atoms with van der Waals surface area (Å²) in [6.07, 6.45) is 2.70. The molecule has 1 aliphatic rings. The van der Waals surface area contributed by atoms with E-state index in [1.54, 1.807) is 4.31 Å². The Morgan fingerprint density at radius 1 is 0.962 bits per heavy atom. The fraction of sp³-hybridized carbons (Fsp3) is 0.368. The molecule has 0 unspecified atom stereocenters. The monoisotopic (exact) mass is 412 g/mol. The van der Waals surface area contributed by atoms with Crippen LogP contribution in [0.3, 0.4) is 0 Å². The summed E-state index contributed by atoms with van der Waals surface area (Å²) in [6, 6.07) is 15.2. The molecule has 1 aliphatic heterocycles. The molecule has 0 aromatic heterocycles. The topological polar surface area (TPSA) is 49.4 Å². The van der Waals surface area contributed by atoms with E-state index in [1.165, 1.54) is 6.26 Å². The predicted octanol–water partition coefficient (Wildman–Crippen LogP) is 3.38. The number of halogens is 2. The van der Waals surface area contributed by atoms with Crippen LogP contribution in [-0.4, -0.2) is 44.2 Å². The Kier molecular flexibility index (Phi) is 6.25. The highest BCUT2D eigenvalue weighted by molar-refractivity contribution is 7.88. The van der Waals surface area contributed by atoms with Gasteiger partial charge in [0.15, 0.2) is 0 Å². The lowest BCUT2D eigenvalue weighted by Crippen LogP contribution is -2.59. The zero-order valence-corrected chi connectivity index (χ0v) is 16.9. The number of hydrogen-bond acceptors (Lipinski definition) is 3. The van der Waals surface area contributed by atoms with Gasteiger partial charge in [-0.25, -0.2) is 8.42 Å². The summed E-state index contributed by atoms with van der Waals surface area (Å²) in [5, 5.41) is 4.88. The summed E-state index contributed by atoms with van der Waals surface area (Å²) in [4.78, 5) is 0. The zero-order chi connectivity index (χ0) is 18.7. The summed E-state index contributed by atoms with van der Waals surface area (Å²) in [5.74, 6) is 0. The Morgan fingerprint density at radius 2 is 1.46 bits per heavy atom. The van der Waals surface area contributed by atoms with Crippen molar-refractivity contribution in [3.8, 4) is 0 Å². The van der Waals surface area contributed by atoms with Gasteiger partial charge in [0.05, 0.1) is 6.26 Å². The maximum absolute atomic E-state index is 12.3.